The Balaban J connectivity index is 1.71. The van der Waals surface area contributed by atoms with Gasteiger partial charge in [0.25, 0.3) is 5.91 Å². The first kappa shape index (κ1) is 15.7. The van der Waals surface area contributed by atoms with Crippen LogP contribution in [0.4, 0.5) is 0 Å². The molecule has 1 saturated carbocycles. The zero-order valence-electron chi connectivity index (χ0n) is 12.2. The highest BCUT2D eigenvalue weighted by atomic mass is 32.2. The zero-order chi connectivity index (χ0) is 15.1. The molecule has 2 rings (SSSR count). The number of hydrogen-bond donors (Lipinski definition) is 1. The average Bonchev–Trinajstić information content (AvgIpc) is 2.54. The van der Waals surface area contributed by atoms with E-state index >= 15 is 0 Å². The highest BCUT2D eigenvalue weighted by Gasteiger charge is 2.21. The molecule has 0 aliphatic heterocycles. The Bertz CT molecular complexity index is 502. The standard InChI is InChI=1S/C16H20N2O2S/c1-21-15-8-4-13(5-9-15)18-16(19)11-20-14-6-2-12(10-17)3-7-14/h2-3,6-7,13,15H,4-5,8-9,11H2,1H3,(H,18,19). The van der Waals surface area contributed by atoms with Gasteiger partial charge in [-0.05, 0) is 56.2 Å². The minimum Gasteiger partial charge on any atom is -0.484 e. The molecule has 112 valence electrons. The van der Waals surface area contributed by atoms with Crippen LogP contribution in [0, 0.1) is 11.3 Å². The Morgan fingerprint density at radius 2 is 2.00 bits per heavy atom. The fraction of sp³-hybridized carbons (Fsp3) is 0.500. The van der Waals surface area contributed by atoms with Gasteiger partial charge in [0.2, 0.25) is 0 Å². The maximum absolute atomic E-state index is 11.9. The van der Waals surface area contributed by atoms with Crippen molar-refractivity contribution in [3.05, 3.63) is 29.8 Å². The summed E-state index contributed by atoms with van der Waals surface area (Å²) < 4.78 is 5.43. The third-order valence-electron chi connectivity index (χ3n) is 3.73. The number of benzene rings is 1. The zero-order valence-corrected chi connectivity index (χ0v) is 13.0. The van der Waals surface area contributed by atoms with Gasteiger partial charge in [0.15, 0.2) is 6.61 Å². The van der Waals surface area contributed by atoms with Crippen LogP contribution in [0.1, 0.15) is 31.2 Å². The summed E-state index contributed by atoms with van der Waals surface area (Å²) in [5.74, 6) is 0.530. The second kappa shape index (κ2) is 7.94. The molecule has 5 heteroatoms. The molecular formula is C16H20N2O2S. The van der Waals surface area contributed by atoms with E-state index in [1.165, 1.54) is 12.8 Å². The highest BCUT2D eigenvalue weighted by Crippen LogP contribution is 2.26. The van der Waals surface area contributed by atoms with Gasteiger partial charge in [-0.25, -0.2) is 0 Å². The van der Waals surface area contributed by atoms with Crippen LogP contribution in [0.15, 0.2) is 24.3 Å². The number of carbonyl (C=O) groups excluding carboxylic acids is 1. The molecule has 1 aliphatic carbocycles. The molecule has 1 aliphatic rings. The minimum atomic E-state index is -0.0769. The van der Waals surface area contributed by atoms with Crippen LogP contribution in [-0.2, 0) is 4.79 Å². The lowest BCUT2D eigenvalue weighted by atomic mass is 9.95. The van der Waals surface area contributed by atoms with Gasteiger partial charge in [0.05, 0.1) is 11.6 Å². The molecular weight excluding hydrogens is 284 g/mol. The molecule has 0 saturated heterocycles. The van der Waals surface area contributed by atoms with E-state index in [4.69, 9.17) is 10.00 Å². The molecule has 1 N–H and O–H groups in total. The molecule has 0 radical (unpaired) electrons. The van der Waals surface area contributed by atoms with Gasteiger partial charge in [-0.15, -0.1) is 0 Å². The van der Waals surface area contributed by atoms with E-state index in [1.54, 1.807) is 24.3 Å². The molecule has 0 spiro atoms. The average molecular weight is 304 g/mol. The van der Waals surface area contributed by atoms with Gasteiger partial charge < -0.3 is 10.1 Å². The van der Waals surface area contributed by atoms with E-state index in [-0.39, 0.29) is 18.6 Å². The molecule has 1 aromatic rings. The summed E-state index contributed by atoms with van der Waals surface area (Å²) in [5, 5.41) is 12.5. The van der Waals surface area contributed by atoms with Gasteiger partial charge >= 0.3 is 0 Å². The first-order valence-electron chi connectivity index (χ1n) is 7.16. The number of amides is 1. The van der Waals surface area contributed by atoms with Crippen LogP contribution < -0.4 is 10.1 Å². The third-order valence-corrected chi connectivity index (χ3v) is 4.86. The Kier molecular flexibility index (Phi) is 5.94. The number of carbonyl (C=O) groups is 1. The molecule has 21 heavy (non-hydrogen) atoms. The summed E-state index contributed by atoms with van der Waals surface area (Å²) in [6.45, 7) is 0.0222. The van der Waals surface area contributed by atoms with Gasteiger partial charge in [0, 0.05) is 11.3 Å². The van der Waals surface area contributed by atoms with Crippen LogP contribution in [0.25, 0.3) is 0 Å². The lowest BCUT2D eigenvalue weighted by molar-refractivity contribution is -0.124. The Labute approximate surface area is 129 Å². The fourth-order valence-electron chi connectivity index (χ4n) is 2.49. The van der Waals surface area contributed by atoms with Crippen LogP contribution in [0.3, 0.4) is 0 Å². The van der Waals surface area contributed by atoms with E-state index in [0.717, 1.165) is 18.1 Å². The van der Waals surface area contributed by atoms with Crippen molar-refractivity contribution in [1.82, 2.24) is 5.32 Å². The minimum absolute atomic E-state index is 0.0222. The number of nitriles is 1. The van der Waals surface area contributed by atoms with Crippen LogP contribution in [0.5, 0.6) is 5.75 Å². The molecule has 4 nitrogen and oxygen atoms in total. The second-order valence-corrected chi connectivity index (χ2v) is 6.34. The maximum Gasteiger partial charge on any atom is 0.258 e. The smallest absolute Gasteiger partial charge is 0.258 e. The maximum atomic E-state index is 11.9. The van der Waals surface area contributed by atoms with E-state index in [1.807, 2.05) is 17.8 Å². The topological polar surface area (TPSA) is 62.1 Å². The predicted octanol–water partition coefficient (Wildman–Crippen LogP) is 2.73. The lowest BCUT2D eigenvalue weighted by Crippen LogP contribution is -2.40. The molecule has 0 aromatic heterocycles. The van der Waals surface area contributed by atoms with Crippen LogP contribution in [0.2, 0.25) is 0 Å². The number of hydrogen-bond acceptors (Lipinski definition) is 4. The Morgan fingerprint density at radius 1 is 1.33 bits per heavy atom. The number of ether oxygens (including phenoxy) is 1. The summed E-state index contributed by atoms with van der Waals surface area (Å²) in [6.07, 6.45) is 6.59. The van der Waals surface area contributed by atoms with Gasteiger partial charge in [-0.3, -0.25) is 4.79 Å². The molecule has 0 bridgehead atoms. The Morgan fingerprint density at radius 3 is 2.57 bits per heavy atom. The van der Waals surface area contributed by atoms with Gasteiger partial charge in [-0.1, -0.05) is 0 Å². The van der Waals surface area contributed by atoms with Crippen molar-refractivity contribution < 1.29 is 9.53 Å². The summed E-state index contributed by atoms with van der Waals surface area (Å²) >= 11 is 1.92. The van der Waals surface area contributed by atoms with Crippen molar-refractivity contribution in [2.75, 3.05) is 12.9 Å². The number of thioether (sulfide) groups is 1. The van der Waals surface area contributed by atoms with Crippen molar-refractivity contribution >= 4 is 17.7 Å². The third kappa shape index (κ3) is 4.98. The normalized spacial score (nSPS) is 21.3. The summed E-state index contributed by atoms with van der Waals surface area (Å²) in [4.78, 5) is 11.9. The van der Waals surface area contributed by atoms with Crippen molar-refractivity contribution in [3.63, 3.8) is 0 Å². The van der Waals surface area contributed by atoms with E-state index in [2.05, 4.69) is 11.6 Å². The highest BCUT2D eigenvalue weighted by molar-refractivity contribution is 7.99. The molecule has 0 heterocycles. The molecule has 1 fully saturated rings. The van der Waals surface area contributed by atoms with Crippen LogP contribution >= 0.6 is 11.8 Å². The fourth-order valence-corrected chi connectivity index (χ4v) is 3.23. The monoisotopic (exact) mass is 304 g/mol. The summed E-state index contributed by atoms with van der Waals surface area (Å²) in [7, 11) is 0. The SMILES string of the molecule is CSC1CCC(NC(=O)COc2ccc(C#N)cc2)CC1. The summed E-state index contributed by atoms with van der Waals surface area (Å²) in [5.41, 5.74) is 0.581. The molecule has 0 atom stereocenters. The van der Waals surface area contributed by atoms with Crippen molar-refractivity contribution in [2.45, 2.75) is 37.0 Å². The Hall–Kier alpha value is -1.67. The second-order valence-electron chi connectivity index (χ2n) is 5.20. The van der Waals surface area contributed by atoms with E-state index in [9.17, 15) is 4.79 Å². The predicted molar refractivity (Wildman–Crippen MR) is 84.4 cm³/mol. The number of nitrogens with one attached hydrogen (secondary N) is 1. The number of rotatable bonds is 5. The van der Waals surface area contributed by atoms with E-state index < -0.39 is 0 Å². The quantitative estimate of drug-likeness (QED) is 0.908. The largest absolute Gasteiger partial charge is 0.484 e. The van der Waals surface area contributed by atoms with Crippen molar-refractivity contribution in [2.24, 2.45) is 0 Å². The molecule has 1 aromatic carbocycles. The van der Waals surface area contributed by atoms with Crippen molar-refractivity contribution in [1.29, 1.82) is 5.26 Å². The number of nitrogens with zero attached hydrogens (tertiary/aromatic N) is 1. The molecule has 1 amide bonds. The lowest BCUT2D eigenvalue weighted by Gasteiger charge is -2.27. The van der Waals surface area contributed by atoms with Gasteiger partial charge in [-0.2, -0.15) is 17.0 Å². The van der Waals surface area contributed by atoms with Gasteiger partial charge in [0.1, 0.15) is 5.75 Å². The van der Waals surface area contributed by atoms with E-state index in [0.29, 0.717) is 11.3 Å². The summed E-state index contributed by atoms with van der Waals surface area (Å²) in [6, 6.07) is 9.09. The molecule has 0 unspecified atom stereocenters. The first-order valence-corrected chi connectivity index (χ1v) is 8.45. The van der Waals surface area contributed by atoms with Crippen molar-refractivity contribution in [3.8, 4) is 11.8 Å². The first-order chi connectivity index (χ1) is 10.2. The van der Waals surface area contributed by atoms with Crippen LogP contribution in [-0.4, -0.2) is 30.1 Å².